The van der Waals surface area contributed by atoms with E-state index in [2.05, 4.69) is 17.5 Å². The van der Waals surface area contributed by atoms with Crippen molar-refractivity contribution in [3.8, 4) is 0 Å². The van der Waals surface area contributed by atoms with Crippen LogP contribution in [0.2, 0.25) is 0 Å². The van der Waals surface area contributed by atoms with Crippen LogP contribution in [-0.2, 0) is 11.2 Å². The van der Waals surface area contributed by atoms with Gasteiger partial charge in [0.25, 0.3) is 0 Å². The second kappa shape index (κ2) is 5.30. The van der Waals surface area contributed by atoms with Gasteiger partial charge in [-0.15, -0.1) is 11.3 Å². The summed E-state index contributed by atoms with van der Waals surface area (Å²) >= 11 is 1.76. The number of hydrogen-bond donors (Lipinski definition) is 1. The molecule has 2 rings (SSSR count). The molecule has 1 atom stereocenters. The molecule has 0 bridgehead atoms. The van der Waals surface area contributed by atoms with Gasteiger partial charge in [0, 0.05) is 12.0 Å². The van der Waals surface area contributed by atoms with Gasteiger partial charge in [0.2, 0.25) is 0 Å². The van der Waals surface area contributed by atoms with Gasteiger partial charge in [-0.05, 0) is 37.1 Å². The Morgan fingerprint density at radius 3 is 2.81 bits per heavy atom. The molecule has 90 valence electrons. The Morgan fingerprint density at radius 1 is 1.50 bits per heavy atom. The van der Waals surface area contributed by atoms with E-state index in [-0.39, 0.29) is 11.7 Å². The summed E-state index contributed by atoms with van der Waals surface area (Å²) in [7, 11) is 1.74. The largest absolute Gasteiger partial charge is 0.390 e. The summed E-state index contributed by atoms with van der Waals surface area (Å²) in [6.45, 7) is 0. The number of ether oxygens (including phenoxy) is 1. The van der Waals surface area contributed by atoms with Gasteiger partial charge >= 0.3 is 0 Å². The Bertz CT molecular complexity index is 302. The molecule has 1 aliphatic carbocycles. The van der Waals surface area contributed by atoms with E-state index in [0.717, 1.165) is 25.7 Å². The van der Waals surface area contributed by atoms with Crippen LogP contribution in [-0.4, -0.2) is 23.9 Å². The third kappa shape index (κ3) is 2.47. The standard InChI is InChI=1S/C13H20O2S/c1-15-13(8-2-3-9-13)12(14)7-6-11-5-4-10-16-11/h4-5,10,12,14H,2-3,6-9H2,1H3. The normalized spacial score (nSPS) is 21.1. The van der Waals surface area contributed by atoms with E-state index in [4.69, 9.17) is 4.74 Å². The molecule has 2 nitrogen and oxygen atoms in total. The van der Waals surface area contributed by atoms with Crippen LogP contribution in [0.25, 0.3) is 0 Å². The monoisotopic (exact) mass is 240 g/mol. The van der Waals surface area contributed by atoms with E-state index in [1.807, 2.05) is 0 Å². The molecular weight excluding hydrogens is 220 g/mol. The highest BCUT2D eigenvalue weighted by Crippen LogP contribution is 2.37. The molecule has 0 spiro atoms. The van der Waals surface area contributed by atoms with Gasteiger partial charge in [0.05, 0.1) is 11.7 Å². The second-order valence-corrected chi connectivity index (χ2v) is 5.64. The molecule has 16 heavy (non-hydrogen) atoms. The Labute approximate surface area is 101 Å². The quantitative estimate of drug-likeness (QED) is 0.857. The first-order chi connectivity index (χ1) is 7.77. The third-order valence-electron chi connectivity index (χ3n) is 3.71. The minimum atomic E-state index is -0.318. The number of thiophene rings is 1. The first kappa shape index (κ1) is 12.1. The van der Waals surface area contributed by atoms with Crippen molar-refractivity contribution in [2.75, 3.05) is 7.11 Å². The lowest BCUT2D eigenvalue weighted by Crippen LogP contribution is -2.41. The summed E-state index contributed by atoms with van der Waals surface area (Å²) in [4.78, 5) is 1.35. The van der Waals surface area contributed by atoms with Crippen LogP contribution in [0.3, 0.4) is 0 Å². The number of aliphatic hydroxyl groups excluding tert-OH is 1. The van der Waals surface area contributed by atoms with Crippen molar-refractivity contribution in [3.63, 3.8) is 0 Å². The number of aliphatic hydroxyl groups is 1. The van der Waals surface area contributed by atoms with Crippen molar-refractivity contribution in [1.82, 2.24) is 0 Å². The van der Waals surface area contributed by atoms with Crippen molar-refractivity contribution in [3.05, 3.63) is 22.4 Å². The van der Waals surface area contributed by atoms with Gasteiger partial charge in [0.1, 0.15) is 0 Å². The number of hydrogen-bond acceptors (Lipinski definition) is 3. The fourth-order valence-corrected chi connectivity index (χ4v) is 3.37. The molecule has 0 aromatic carbocycles. The van der Waals surface area contributed by atoms with Crippen LogP contribution in [0.5, 0.6) is 0 Å². The minimum absolute atomic E-state index is 0.253. The summed E-state index contributed by atoms with van der Waals surface area (Å²) in [6, 6.07) is 4.19. The maximum atomic E-state index is 10.3. The lowest BCUT2D eigenvalue weighted by Gasteiger charge is -2.32. The Kier molecular flexibility index (Phi) is 4.00. The summed E-state index contributed by atoms with van der Waals surface area (Å²) in [5.41, 5.74) is -0.253. The maximum absolute atomic E-state index is 10.3. The summed E-state index contributed by atoms with van der Waals surface area (Å²) in [5.74, 6) is 0. The highest BCUT2D eigenvalue weighted by atomic mass is 32.1. The second-order valence-electron chi connectivity index (χ2n) is 4.61. The fourth-order valence-electron chi connectivity index (χ4n) is 2.64. The maximum Gasteiger partial charge on any atom is 0.0936 e. The van der Waals surface area contributed by atoms with E-state index >= 15 is 0 Å². The Balaban J connectivity index is 1.89. The molecule has 0 amide bonds. The first-order valence-electron chi connectivity index (χ1n) is 6.02. The topological polar surface area (TPSA) is 29.5 Å². The molecule has 1 aromatic heterocycles. The van der Waals surface area contributed by atoms with Crippen LogP contribution in [0.4, 0.5) is 0 Å². The van der Waals surface area contributed by atoms with Crippen molar-refractivity contribution < 1.29 is 9.84 Å². The molecule has 3 heteroatoms. The predicted molar refractivity (Wildman–Crippen MR) is 66.9 cm³/mol. The summed E-state index contributed by atoms with van der Waals surface area (Å²) < 4.78 is 5.58. The van der Waals surface area contributed by atoms with Crippen LogP contribution in [0.15, 0.2) is 17.5 Å². The molecule has 1 fully saturated rings. The van der Waals surface area contributed by atoms with Crippen molar-refractivity contribution in [2.45, 2.75) is 50.2 Å². The van der Waals surface area contributed by atoms with Crippen LogP contribution < -0.4 is 0 Å². The molecule has 0 aliphatic heterocycles. The zero-order chi connectivity index (χ0) is 11.4. The van der Waals surface area contributed by atoms with E-state index in [0.29, 0.717) is 0 Å². The highest BCUT2D eigenvalue weighted by molar-refractivity contribution is 7.09. The molecule has 1 N–H and O–H groups in total. The lowest BCUT2D eigenvalue weighted by molar-refractivity contribution is -0.100. The molecular formula is C13H20O2S. The molecule has 1 saturated carbocycles. The average Bonchev–Trinajstić information content (AvgIpc) is 2.97. The molecule has 0 radical (unpaired) electrons. The first-order valence-corrected chi connectivity index (χ1v) is 6.90. The smallest absolute Gasteiger partial charge is 0.0936 e. The molecule has 1 unspecified atom stereocenters. The fraction of sp³-hybridized carbons (Fsp3) is 0.692. The van der Waals surface area contributed by atoms with Crippen molar-refractivity contribution in [2.24, 2.45) is 0 Å². The summed E-state index contributed by atoms with van der Waals surface area (Å²) in [5, 5.41) is 12.4. The van der Waals surface area contributed by atoms with Gasteiger partial charge in [0.15, 0.2) is 0 Å². The van der Waals surface area contributed by atoms with E-state index in [9.17, 15) is 5.11 Å². The lowest BCUT2D eigenvalue weighted by atomic mass is 9.91. The van der Waals surface area contributed by atoms with Crippen molar-refractivity contribution >= 4 is 11.3 Å². The van der Waals surface area contributed by atoms with E-state index < -0.39 is 0 Å². The third-order valence-corrected chi connectivity index (χ3v) is 4.64. The zero-order valence-corrected chi connectivity index (χ0v) is 10.6. The highest BCUT2D eigenvalue weighted by Gasteiger charge is 2.40. The van der Waals surface area contributed by atoms with Crippen LogP contribution >= 0.6 is 11.3 Å². The van der Waals surface area contributed by atoms with E-state index in [1.54, 1.807) is 18.4 Å². The predicted octanol–water partition coefficient (Wildman–Crippen LogP) is 3.00. The van der Waals surface area contributed by atoms with Gasteiger partial charge in [-0.2, -0.15) is 0 Å². The number of aryl methyl sites for hydroxylation is 1. The molecule has 0 saturated heterocycles. The number of methoxy groups -OCH3 is 1. The Morgan fingerprint density at radius 2 is 2.25 bits per heavy atom. The molecule has 1 aromatic rings. The van der Waals surface area contributed by atoms with Gasteiger partial charge in [-0.1, -0.05) is 18.9 Å². The van der Waals surface area contributed by atoms with Gasteiger partial charge < -0.3 is 9.84 Å². The molecule has 1 heterocycles. The minimum Gasteiger partial charge on any atom is -0.390 e. The number of rotatable bonds is 5. The Hall–Kier alpha value is -0.380. The van der Waals surface area contributed by atoms with Crippen molar-refractivity contribution in [1.29, 1.82) is 0 Å². The summed E-state index contributed by atoms with van der Waals surface area (Å²) in [6.07, 6.45) is 5.85. The van der Waals surface area contributed by atoms with Crippen LogP contribution in [0, 0.1) is 0 Å². The van der Waals surface area contributed by atoms with Crippen LogP contribution in [0.1, 0.15) is 37.0 Å². The van der Waals surface area contributed by atoms with Gasteiger partial charge in [-0.25, -0.2) is 0 Å². The van der Waals surface area contributed by atoms with Gasteiger partial charge in [-0.3, -0.25) is 0 Å². The average molecular weight is 240 g/mol. The SMILES string of the molecule is COC1(C(O)CCc2cccs2)CCCC1. The molecule has 1 aliphatic rings. The van der Waals surface area contributed by atoms with E-state index in [1.165, 1.54) is 17.7 Å². The zero-order valence-electron chi connectivity index (χ0n) is 9.82.